The lowest BCUT2D eigenvalue weighted by Crippen LogP contribution is -2.07. The molecule has 0 fully saturated rings. The fourth-order valence-electron chi connectivity index (χ4n) is 8.92. The fraction of sp³-hybridized carbons (Fsp3) is 0.261. The van der Waals surface area contributed by atoms with Gasteiger partial charge in [-0.15, -0.1) is 0 Å². The van der Waals surface area contributed by atoms with Crippen molar-refractivity contribution >= 4 is 11.8 Å². The lowest BCUT2D eigenvalue weighted by molar-refractivity contribution is -0.137. The minimum atomic E-state index is -0.783. The quantitative estimate of drug-likeness (QED) is 0.0671. The van der Waals surface area contributed by atoms with Crippen molar-refractivity contribution in [2.45, 2.75) is 108 Å². The Labute approximate surface area is 477 Å². The largest absolute Gasteiger partial charge is 0.508 e. The summed E-state index contributed by atoms with van der Waals surface area (Å²) in [4.78, 5) is 35.6. The molecular formula is C69H76N6O6. The highest BCUT2D eigenvalue weighted by Gasteiger charge is 2.16. The van der Waals surface area contributed by atoms with Crippen molar-refractivity contribution in [3.05, 3.63) is 238 Å². The normalized spacial score (nSPS) is 11.3. The molecular weight excluding hydrogens is 1010 g/mol. The third-order valence-electron chi connectivity index (χ3n) is 14.0. The maximum absolute atomic E-state index is 11.1. The second-order valence-corrected chi connectivity index (χ2v) is 20.7. The third-order valence-corrected chi connectivity index (χ3v) is 14.0. The number of hydrogen-bond acceptors (Lipinski definition) is 8. The number of aromatic nitrogens is 6. The number of carboxylic acid groups (broad SMARTS) is 1. The summed E-state index contributed by atoms with van der Waals surface area (Å²) in [7, 11) is 0. The number of ketones is 1. The summed E-state index contributed by atoms with van der Waals surface area (Å²) in [5.41, 5.74) is 15.5. The number of phenolic OH excluding ortho intramolecular Hbond substituents is 1. The zero-order chi connectivity index (χ0) is 57.8. The summed E-state index contributed by atoms with van der Waals surface area (Å²) in [5.74, 6) is 4.27. The lowest BCUT2D eigenvalue weighted by atomic mass is 10.1. The molecule has 0 aliphatic heterocycles. The first-order valence-corrected chi connectivity index (χ1v) is 27.5. The van der Waals surface area contributed by atoms with Gasteiger partial charge in [-0.3, -0.25) is 4.79 Å². The van der Waals surface area contributed by atoms with Crippen molar-refractivity contribution in [1.82, 2.24) is 28.7 Å². The number of carbonyl (C=O) groups excluding carboxylic acids is 1. The summed E-state index contributed by atoms with van der Waals surface area (Å²) in [5, 5.41) is 18.8. The topological polar surface area (TPSA) is 147 Å². The van der Waals surface area contributed by atoms with E-state index in [9.17, 15) is 14.7 Å². The zero-order valence-electron chi connectivity index (χ0n) is 48.3. The Balaban J connectivity index is 0.000000178. The van der Waals surface area contributed by atoms with E-state index in [-0.39, 0.29) is 12.2 Å². The molecule has 0 radical (unpaired) electrons. The second kappa shape index (κ2) is 29.3. The van der Waals surface area contributed by atoms with Gasteiger partial charge in [0, 0.05) is 81.9 Å². The number of hydrogen-bond donors (Lipinski definition) is 2. The number of carbonyl (C=O) groups is 2. The van der Waals surface area contributed by atoms with Gasteiger partial charge >= 0.3 is 5.97 Å². The van der Waals surface area contributed by atoms with Crippen LogP contribution in [0.4, 0.5) is 0 Å². The lowest BCUT2D eigenvalue weighted by Gasteiger charge is -2.14. The summed E-state index contributed by atoms with van der Waals surface area (Å²) < 4.78 is 18.6. The van der Waals surface area contributed by atoms with Crippen LogP contribution >= 0.6 is 0 Å². The molecule has 0 unspecified atom stereocenters. The average molecular weight is 1090 g/mol. The molecule has 3 heterocycles. The molecule has 0 bridgehead atoms. The van der Waals surface area contributed by atoms with Gasteiger partial charge in [-0.2, -0.15) is 0 Å². The molecule has 2 N–H and O–H groups in total. The molecule has 3 aromatic heterocycles. The van der Waals surface area contributed by atoms with Crippen LogP contribution < -0.4 is 9.47 Å². The maximum Gasteiger partial charge on any atom is 0.303 e. The first-order chi connectivity index (χ1) is 39.0. The summed E-state index contributed by atoms with van der Waals surface area (Å²) in [6.45, 7) is 20.9. The summed E-state index contributed by atoms with van der Waals surface area (Å²) in [6, 6.07) is 48.7. The summed E-state index contributed by atoms with van der Waals surface area (Å²) in [6.07, 6.45) is 11.7. The van der Waals surface area contributed by atoms with Crippen LogP contribution in [0.2, 0.25) is 0 Å². The number of para-hydroxylation sites is 3. The van der Waals surface area contributed by atoms with Crippen molar-refractivity contribution in [3.63, 3.8) is 0 Å². The number of benzene rings is 6. The minimum absolute atomic E-state index is 0.139. The molecule has 0 spiro atoms. The number of imidazole rings is 3. The van der Waals surface area contributed by atoms with Gasteiger partial charge in [0.2, 0.25) is 0 Å². The van der Waals surface area contributed by atoms with Gasteiger partial charge in [-0.05, 0) is 106 Å². The van der Waals surface area contributed by atoms with E-state index in [1.165, 1.54) is 22.3 Å². The molecule has 0 aliphatic carbocycles. The third kappa shape index (κ3) is 17.5. The van der Waals surface area contributed by atoms with Gasteiger partial charge in [-0.25, -0.2) is 15.0 Å². The highest BCUT2D eigenvalue weighted by Crippen LogP contribution is 2.29. The number of Topliss-reactive ketones (excluding diaryl/α,β-unsaturated/α-hetero) is 1. The number of allylic oxidation sites excluding steroid dienone is 2. The fourth-order valence-corrected chi connectivity index (χ4v) is 8.92. The maximum atomic E-state index is 11.1. The number of nitrogens with zero attached hydrogens (tertiary/aromatic N) is 6. The number of carboxylic acids is 1. The molecule has 81 heavy (non-hydrogen) atoms. The molecule has 0 saturated heterocycles. The molecule has 6 aromatic carbocycles. The Morgan fingerprint density at radius 2 is 0.778 bits per heavy atom. The number of aryl methyl sites for hydroxylation is 6. The number of ether oxygens (including phenoxy) is 2. The molecule has 0 saturated carbocycles. The SMILES string of the molecule is C/C(=C\COc1ccccc1Cn1c(C)cnc1-c1ccc(C)cc1)CCC(=O)O.CC(=O)CC/C(C)=C/COc1ccccc1Cn1c(C)cnc1-c1ccc(C)cc1.Cc1ccc(-c2ncc(C)n2Cc2ccccc2O)cc1. The Bertz CT molecular complexity index is 3390. The molecule has 0 aliphatic rings. The predicted molar refractivity (Wildman–Crippen MR) is 325 cm³/mol. The Kier molecular flexibility index (Phi) is 21.5. The van der Waals surface area contributed by atoms with Crippen LogP contribution in [0.25, 0.3) is 34.2 Å². The van der Waals surface area contributed by atoms with Gasteiger partial charge in [0.25, 0.3) is 0 Å². The first kappa shape index (κ1) is 59.6. The standard InChI is InChI=1S/C26H30N2O2.C25H28N2O3.C18H18N2O/c1-19-10-13-23(14-11-19)26-27-17-21(3)28(26)18-24-7-5-6-8-25(24)30-16-15-20(2)9-12-22(4)29;1-18-8-11-21(12-9-18)25-26-16-20(3)27(25)17-22-6-4-5-7-23(22)30-15-14-19(2)10-13-24(28)29;1-13-7-9-15(10-8-13)18-19-11-14(2)20(18)12-16-5-3-4-6-17(16)21/h5-8,10-11,13-15,17H,9,12,16,18H2,1-4H3;4-9,11-12,14,16H,10,13,15,17H2,1-3H3,(H,28,29);3-11,21H,12H2,1-2H3/b20-15+;19-14+;. The molecule has 9 rings (SSSR count). The van der Waals surface area contributed by atoms with Crippen molar-refractivity contribution in [1.29, 1.82) is 0 Å². The van der Waals surface area contributed by atoms with Crippen LogP contribution in [0.1, 0.15) is 96.9 Å². The van der Waals surface area contributed by atoms with E-state index >= 15 is 0 Å². The zero-order valence-corrected chi connectivity index (χ0v) is 48.3. The van der Waals surface area contributed by atoms with E-state index in [1.54, 1.807) is 13.0 Å². The van der Waals surface area contributed by atoms with Crippen molar-refractivity contribution in [2.24, 2.45) is 0 Å². The Morgan fingerprint density at radius 1 is 0.444 bits per heavy atom. The molecule has 12 heteroatoms. The van der Waals surface area contributed by atoms with Crippen LogP contribution in [0.5, 0.6) is 17.2 Å². The highest BCUT2D eigenvalue weighted by molar-refractivity contribution is 5.75. The minimum Gasteiger partial charge on any atom is -0.508 e. The Hall–Kier alpha value is -9.03. The monoisotopic (exact) mass is 1080 g/mol. The first-order valence-electron chi connectivity index (χ1n) is 27.5. The molecule has 9 aromatic rings. The van der Waals surface area contributed by atoms with E-state index < -0.39 is 5.97 Å². The molecule has 12 nitrogen and oxygen atoms in total. The van der Waals surface area contributed by atoms with Gasteiger partial charge in [0.15, 0.2) is 0 Å². The van der Waals surface area contributed by atoms with Crippen LogP contribution in [0.15, 0.2) is 187 Å². The van der Waals surface area contributed by atoms with Gasteiger partial charge in [0.1, 0.15) is 53.7 Å². The highest BCUT2D eigenvalue weighted by atomic mass is 16.5. The van der Waals surface area contributed by atoms with Crippen molar-refractivity contribution in [3.8, 4) is 51.4 Å². The molecule has 0 atom stereocenters. The summed E-state index contributed by atoms with van der Waals surface area (Å²) >= 11 is 0. The van der Waals surface area contributed by atoms with Gasteiger partial charge < -0.3 is 38.2 Å². The number of aromatic hydroxyl groups is 1. The van der Waals surface area contributed by atoms with Crippen LogP contribution in [0, 0.1) is 41.5 Å². The van der Waals surface area contributed by atoms with E-state index in [4.69, 9.17) is 14.6 Å². The average Bonchev–Trinajstić information content (AvgIpc) is 4.35. The number of phenols is 1. The van der Waals surface area contributed by atoms with Crippen molar-refractivity contribution < 1.29 is 29.3 Å². The van der Waals surface area contributed by atoms with E-state index in [0.717, 1.165) is 91.4 Å². The van der Waals surface area contributed by atoms with Gasteiger partial charge in [-0.1, -0.05) is 155 Å². The van der Waals surface area contributed by atoms with E-state index in [1.807, 2.05) is 100 Å². The molecule has 0 amide bonds. The molecule has 418 valence electrons. The van der Waals surface area contributed by atoms with Crippen LogP contribution in [-0.4, -0.2) is 63.8 Å². The smallest absolute Gasteiger partial charge is 0.303 e. The van der Waals surface area contributed by atoms with Gasteiger partial charge in [0.05, 0.1) is 19.6 Å². The number of aliphatic carboxylic acids is 1. The predicted octanol–water partition coefficient (Wildman–Crippen LogP) is 15.2. The van der Waals surface area contributed by atoms with Crippen LogP contribution in [-0.2, 0) is 29.2 Å². The van der Waals surface area contributed by atoms with E-state index in [2.05, 4.69) is 154 Å². The Morgan fingerprint density at radius 3 is 1.14 bits per heavy atom. The van der Waals surface area contributed by atoms with Crippen molar-refractivity contribution in [2.75, 3.05) is 13.2 Å². The van der Waals surface area contributed by atoms with E-state index in [0.29, 0.717) is 51.4 Å². The second-order valence-electron chi connectivity index (χ2n) is 20.7. The van der Waals surface area contributed by atoms with Crippen LogP contribution in [0.3, 0.4) is 0 Å². The number of rotatable bonds is 21.